The third kappa shape index (κ3) is 3.85. The first-order valence-corrected chi connectivity index (χ1v) is 6.30. The molecule has 0 spiro atoms. The predicted octanol–water partition coefficient (Wildman–Crippen LogP) is 4.88. The number of aryl methyl sites for hydroxylation is 2. The summed E-state index contributed by atoms with van der Waals surface area (Å²) in [4.78, 5) is 4.47. The minimum absolute atomic E-state index is 1.11. The molecule has 1 heterocycles. The van der Waals surface area contributed by atoms with Crippen molar-refractivity contribution in [1.29, 1.82) is 0 Å². The molecule has 94 valence electrons. The highest BCUT2D eigenvalue weighted by Crippen LogP contribution is 2.25. The normalized spacial score (nSPS) is 12.2. The summed E-state index contributed by atoms with van der Waals surface area (Å²) in [7, 11) is 0. The van der Waals surface area contributed by atoms with Crippen molar-refractivity contribution in [3.63, 3.8) is 0 Å². The number of pyridine rings is 1. The monoisotopic (exact) mass is 231 g/mol. The first kappa shape index (κ1) is 15.6. The molecule has 2 rings (SSSR count). The Morgan fingerprint density at radius 1 is 1.06 bits per heavy atom. The molecule has 0 fully saturated rings. The van der Waals surface area contributed by atoms with Gasteiger partial charge in [-0.2, -0.15) is 0 Å². The third-order valence-electron chi connectivity index (χ3n) is 2.87. The molecule has 0 aliphatic heterocycles. The van der Waals surface area contributed by atoms with Gasteiger partial charge in [0.05, 0.1) is 0 Å². The van der Waals surface area contributed by atoms with Crippen molar-refractivity contribution in [3.05, 3.63) is 47.3 Å². The van der Waals surface area contributed by atoms with Crippen LogP contribution in [0.4, 0.5) is 0 Å². The molecule has 1 aliphatic carbocycles. The van der Waals surface area contributed by atoms with E-state index in [2.05, 4.69) is 45.0 Å². The molecule has 1 nitrogen and oxygen atoms in total. The van der Waals surface area contributed by atoms with Crippen LogP contribution in [0.15, 0.2) is 24.9 Å². The van der Waals surface area contributed by atoms with E-state index in [0.717, 1.165) is 6.42 Å². The first-order valence-electron chi connectivity index (χ1n) is 6.30. The lowest BCUT2D eigenvalue weighted by Gasteiger charge is -2.16. The van der Waals surface area contributed by atoms with Crippen LogP contribution in [0.2, 0.25) is 0 Å². The lowest BCUT2D eigenvalue weighted by atomic mass is 9.93. The first-order chi connectivity index (χ1) is 8.18. The van der Waals surface area contributed by atoms with Crippen LogP contribution in [0.3, 0.4) is 0 Å². The molecule has 0 N–H and O–H groups in total. The SMILES string of the molecule is C=C.CC.CC1=Cc2c(ncc(C)c2C)CC1. The summed E-state index contributed by atoms with van der Waals surface area (Å²) in [5.74, 6) is 0. The van der Waals surface area contributed by atoms with Gasteiger partial charge >= 0.3 is 0 Å². The molecule has 1 aromatic rings. The standard InChI is InChI=1S/C12H15N.C2H6.C2H4/c1-8-4-5-12-11(6-8)10(3)9(2)7-13-12;2*1-2/h6-7H,4-5H2,1-3H3;1-2H3;1-2H2. The van der Waals surface area contributed by atoms with Crippen molar-refractivity contribution >= 4 is 6.08 Å². The van der Waals surface area contributed by atoms with Gasteiger partial charge in [-0.15, -0.1) is 13.2 Å². The number of nitrogens with zero attached hydrogens (tertiary/aromatic N) is 1. The Hall–Kier alpha value is -1.37. The van der Waals surface area contributed by atoms with Crippen LogP contribution in [-0.4, -0.2) is 4.98 Å². The lowest BCUT2D eigenvalue weighted by Crippen LogP contribution is -2.03. The van der Waals surface area contributed by atoms with Crippen LogP contribution >= 0.6 is 0 Å². The zero-order valence-electron chi connectivity index (χ0n) is 11.9. The Balaban J connectivity index is 0.000000581. The van der Waals surface area contributed by atoms with Crippen molar-refractivity contribution in [3.8, 4) is 0 Å². The largest absolute Gasteiger partial charge is 0.260 e. The average molecular weight is 231 g/mol. The average Bonchev–Trinajstić information content (AvgIpc) is 2.39. The highest BCUT2D eigenvalue weighted by Gasteiger charge is 2.11. The number of hydrogen-bond acceptors (Lipinski definition) is 1. The van der Waals surface area contributed by atoms with E-state index in [1.807, 2.05) is 20.0 Å². The summed E-state index contributed by atoms with van der Waals surface area (Å²) in [6.45, 7) is 16.5. The number of hydrogen-bond donors (Lipinski definition) is 0. The van der Waals surface area contributed by atoms with Gasteiger partial charge in [0, 0.05) is 11.9 Å². The van der Waals surface area contributed by atoms with Gasteiger partial charge in [-0.25, -0.2) is 0 Å². The van der Waals surface area contributed by atoms with Crippen LogP contribution < -0.4 is 0 Å². The van der Waals surface area contributed by atoms with E-state index in [1.165, 1.54) is 34.4 Å². The number of allylic oxidation sites excluding steroid dienone is 1. The van der Waals surface area contributed by atoms with Crippen molar-refractivity contribution < 1.29 is 0 Å². The maximum absolute atomic E-state index is 4.47. The molecule has 1 aliphatic rings. The van der Waals surface area contributed by atoms with Gasteiger partial charge in [-0.05, 0) is 50.3 Å². The summed E-state index contributed by atoms with van der Waals surface area (Å²) in [5, 5.41) is 0. The van der Waals surface area contributed by atoms with E-state index in [0.29, 0.717) is 0 Å². The van der Waals surface area contributed by atoms with Crippen molar-refractivity contribution in [2.75, 3.05) is 0 Å². The summed E-state index contributed by atoms with van der Waals surface area (Å²) in [5.41, 5.74) is 6.80. The van der Waals surface area contributed by atoms with E-state index in [1.54, 1.807) is 0 Å². The van der Waals surface area contributed by atoms with Crippen LogP contribution in [0.1, 0.15) is 49.6 Å². The molecule has 0 saturated carbocycles. The van der Waals surface area contributed by atoms with Crippen LogP contribution in [-0.2, 0) is 6.42 Å². The number of aromatic nitrogens is 1. The van der Waals surface area contributed by atoms with Gasteiger partial charge < -0.3 is 0 Å². The minimum atomic E-state index is 1.11. The van der Waals surface area contributed by atoms with E-state index in [-0.39, 0.29) is 0 Å². The van der Waals surface area contributed by atoms with Crippen LogP contribution in [0.5, 0.6) is 0 Å². The second-order valence-corrected chi connectivity index (χ2v) is 3.92. The van der Waals surface area contributed by atoms with E-state index in [4.69, 9.17) is 0 Å². The Kier molecular flexibility index (Phi) is 7.20. The number of rotatable bonds is 0. The molecular formula is C16H25N. The zero-order chi connectivity index (χ0) is 13.4. The zero-order valence-corrected chi connectivity index (χ0v) is 11.9. The Bertz CT molecular complexity index is 389. The molecule has 0 saturated heterocycles. The van der Waals surface area contributed by atoms with Gasteiger partial charge in [-0.1, -0.05) is 25.5 Å². The van der Waals surface area contributed by atoms with E-state index in [9.17, 15) is 0 Å². The maximum atomic E-state index is 4.47. The molecule has 17 heavy (non-hydrogen) atoms. The Morgan fingerprint density at radius 3 is 2.24 bits per heavy atom. The minimum Gasteiger partial charge on any atom is -0.260 e. The highest BCUT2D eigenvalue weighted by molar-refractivity contribution is 5.61. The maximum Gasteiger partial charge on any atom is 0.0481 e. The molecule has 0 bridgehead atoms. The smallest absolute Gasteiger partial charge is 0.0481 e. The highest BCUT2D eigenvalue weighted by atomic mass is 14.7. The van der Waals surface area contributed by atoms with Gasteiger partial charge in [-0.3, -0.25) is 4.98 Å². The fraction of sp³-hybridized carbons (Fsp3) is 0.438. The number of fused-ring (bicyclic) bond motifs is 1. The molecule has 0 radical (unpaired) electrons. The fourth-order valence-corrected chi connectivity index (χ4v) is 1.79. The lowest BCUT2D eigenvalue weighted by molar-refractivity contribution is 0.876. The van der Waals surface area contributed by atoms with Crippen LogP contribution in [0, 0.1) is 13.8 Å². The fourth-order valence-electron chi connectivity index (χ4n) is 1.79. The molecule has 1 heteroatoms. The summed E-state index contributed by atoms with van der Waals surface area (Å²) < 4.78 is 0. The van der Waals surface area contributed by atoms with E-state index >= 15 is 0 Å². The summed E-state index contributed by atoms with van der Waals surface area (Å²) in [6.07, 6.45) is 6.55. The molecule has 1 aromatic heterocycles. The van der Waals surface area contributed by atoms with Crippen molar-refractivity contribution in [1.82, 2.24) is 4.98 Å². The third-order valence-corrected chi connectivity index (χ3v) is 2.87. The molecule has 0 atom stereocenters. The molecule has 0 aromatic carbocycles. The van der Waals surface area contributed by atoms with Gasteiger partial charge in [0.2, 0.25) is 0 Å². The summed E-state index contributed by atoms with van der Waals surface area (Å²) in [6, 6.07) is 0. The van der Waals surface area contributed by atoms with Crippen LogP contribution in [0.25, 0.3) is 6.08 Å². The van der Waals surface area contributed by atoms with Crippen molar-refractivity contribution in [2.24, 2.45) is 0 Å². The van der Waals surface area contributed by atoms with Gasteiger partial charge in [0.25, 0.3) is 0 Å². The second kappa shape index (κ2) is 7.83. The quantitative estimate of drug-likeness (QED) is 0.580. The topological polar surface area (TPSA) is 12.9 Å². The van der Waals surface area contributed by atoms with Gasteiger partial charge in [0.15, 0.2) is 0 Å². The second-order valence-electron chi connectivity index (χ2n) is 3.92. The predicted molar refractivity (Wildman–Crippen MR) is 78.3 cm³/mol. The van der Waals surface area contributed by atoms with Crippen molar-refractivity contribution in [2.45, 2.75) is 47.5 Å². The Morgan fingerprint density at radius 2 is 1.65 bits per heavy atom. The van der Waals surface area contributed by atoms with E-state index < -0.39 is 0 Å². The molecule has 0 unspecified atom stereocenters. The summed E-state index contributed by atoms with van der Waals surface area (Å²) >= 11 is 0. The van der Waals surface area contributed by atoms with Gasteiger partial charge in [0.1, 0.15) is 0 Å². The Labute approximate surface area is 106 Å². The molecule has 0 amide bonds. The molecular weight excluding hydrogens is 206 g/mol.